The first kappa shape index (κ1) is 88.9. The summed E-state index contributed by atoms with van der Waals surface area (Å²) in [7, 11) is 0. The molecule has 3 aliphatic heterocycles. The molecule has 0 saturated carbocycles. The van der Waals surface area contributed by atoms with Crippen molar-refractivity contribution in [2.45, 2.75) is 339 Å². The smallest absolute Gasteiger partial charge is 0.306 e. The van der Waals surface area contributed by atoms with E-state index in [1.54, 1.807) is 40.7 Å². The van der Waals surface area contributed by atoms with Gasteiger partial charge < -0.3 is 127 Å². The first-order chi connectivity index (χ1) is 45.4. The average molecular weight is 1400 g/mol. The van der Waals surface area contributed by atoms with Crippen molar-refractivity contribution in [1.29, 1.82) is 0 Å². The Morgan fingerprint density at radius 1 is 0.546 bits per heavy atom. The number of carbonyl (C=O) groups excluding carboxylic acids is 1. The molecule has 0 bridgehead atoms. The van der Waals surface area contributed by atoms with Gasteiger partial charge in [-0.05, 0) is 120 Å². The molecule has 0 radical (unpaired) electrons. The molecule has 3 heterocycles. The van der Waals surface area contributed by atoms with Crippen LogP contribution in [-0.4, -0.2) is 264 Å². The highest BCUT2D eigenvalue weighted by molar-refractivity contribution is 5.69. The lowest BCUT2D eigenvalue weighted by atomic mass is 9.81. The standard InChI is InChI=1S/C71H132N2O24/c1-35(19-15-13-14-18-24-72)25-41(7)69-45(11)56(94-70-66(90)60(73)64(88)46(12)93-70)33-49(77)32-54(82)43(9)52(80)29-47(75)28-51(79)42(8)53(81)30-48(76)31-55(83)44(10)63(87)57(95-71-68(92)67(91)65(89)58(34-74)96-71)27-40(6)62(86)39(5)26-38(4)61(85)37(3)20-16-17-21-50(78)36(2)22-23-59(84)97-69/h16,20,26-27,35-37,39,41-58,60-71,74-83,85-92H,13-15,17-19,21-25,28-34,72-73H2,1-12H3/t35-,36-,37+,39+,41+,42-,43+,44-,45-,46-,47+,48-,49-,50+,51-,52-,53-,54+,55-,56+,57+,58-,60+,61-,62-,63+,64-,65-,66-,67+,68+,69-,70+,71+/m1/s1. The van der Waals surface area contributed by atoms with E-state index in [2.05, 4.69) is 6.92 Å². The van der Waals surface area contributed by atoms with Crippen molar-refractivity contribution in [2.24, 2.45) is 64.7 Å². The monoisotopic (exact) mass is 1400 g/mol. The van der Waals surface area contributed by atoms with Crippen LogP contribution in [0.4, 0.5) is 0 Å². The maximum atomic E-state index is 14.2. The van der Waals surface area contributed by atoms with E-state index < -0.39 is 214 Å². The van der Waals surface area contributed by atoms with Gasteiger partial charge in [-0.2, -0.15) is 0 Å². The minimum Gasteiger partial charge on any atom is -0.462 e. The lowest BCUT2D eigenvalue weighted by Gasteiger charge is -2.43. The van der Waals surface area contributed by atoms with Gasteiger partial charge in [0.1, 0.15) is 42.7 Å². The molecule has 0 spiro atoms. The largest absolute Gasteiger partial charge is 0.462 e. The lowest BCUT2D eigenvalue weighted by Crippen LogP contribution is -2.62. The zero-order valence-corrected chi connectivity index (χ0v) is 59.8. The molecule has 2 saturated heterocycles. The third-order valence-electron chi connectivity index (χ3n) is 21.1. The second kappa shape index (κ2) is 43.7. The number of carbonyl (C=O) groups is 1. The molecular weight excluding hydrogens is 1260 g/mol. The molecule has 97 heavy (non-hydrogen) atoms. The molecule has 34 atom stereocenters. The maximum absolute atomic E-state index is 14.2. The number of nitrogens with two attached hydrogens (primary N) is 2. The summed E-state index contributed by atoms with van der Waals surface area (Å²) in [4.78, 5) is 14.2. The lowest BCUT2D eigenvalue weighted by molar-refractivity contribution is -0.314. The molecular formula is C71H132N2O24. The second-order valence-electron chi connectivity index (χ2n) is 29.7. The third kappa shape index (κ3) is 28.4. The molecule has 0 unspecified atom stereocenters. The second-order valence-corrected chi connectivity index (χ2v) is 29.7. The minimum absolute atomic E-state index is 0.0617. The summed E-state index contributed by atoms with van der Waals surface area (Å²) in [5.74, 6) is -5.94. The first-order valence-corrected chi connectivity index (χ1v) is 35.8. The molecule has 0 amide bonds. The molecule has 0 aromatic rings. The van der Waals surface area contributed by atoms with E-state index in [1.165, 1.54) is 33.8 Å². The molecule has 2 fully saturated rings. The van der Waals surface area contributed by atoms with Crippen molar-refractivity contribution in [1.82, 2.24) is 0 Å². The van der Waals surface area contributed by atoms with E-state index >= 15 is 0 Å². The number of ether oxygens (including phenoxy) is 5. The summed E-state index contributed by atoms with van der Waals surface area (Å²) >= 11 is 0. The number of aliphatic hydroxyl groups is 18. The van der Waals surface area contributed by atoms with Crippen molar-refractivity contribution in [3.05, 3.63) is 35.5 Å². The van der Waals surface area contributed by atoms with Crippen molar-refractivity contribution in [2.75, 3.05) is 13.2 Å². The zero-order chi connectivity index (χ0) is 73.5. The van der Waals surface area contributed by atoms with E-state index in [1.807, 2.05) is 26.0 Å². The highest BCUT2D eigenvalue weighted by atomic mass is 16.7. The number of aliphatic hydroxyl groups excluding tert-OH is 18. The fourth-order valence-corrected chi connectivity index (χ4v) is 13.7. The van der Waals surface area contributed by atoms with Crippen LogP contribution in [0.2, 0.25) is 0 Å². The fraction of sp³-hybridized carbons (Fsp3) is 0.901. The third-order valence-corrected chi connectivity index (χ3v) is 21.1. The summed E-state index contributed by atoms with van der Waals surface area (Å²) in [6.45, 7) is 20.2. The van der Waals surface area contributed by atoms with E-state index in [-0.39, 0.29) is 61.9 Å². The summed E-state index contributed by atoms with van der Waals surface area (Å²) in [6, 6.07) is -1.17. The van der Waals surface area contributed by atoms with Gasteiger partial charge in [-0.15, -0.1) is 0 Å². The molecule has 0 aromatic carbocycles. The van der Waals surface area contributed by atoms with Crippen molar-refractivity contribution < 1.29 is 120 Å². The Hall–Kier alpha value is -2.27. The highest BCUT2D eigenvalue weighted by Crippen LogP contribution is 2.36. The molecule has 3 aliphatic rings. The van der Waals surface area contributed by atoms with Gasteiger partial charge >= 0.3 is 5.97 Å². The topological polar surface area (TPSA) is 479 Å². The Balaban J connectivity index is 2.03. The van der Waals surface area contributed by atoms with Gasteiger partial charge in [0.05, 0.1) is 104 Å². The summed E-state index contributed by atoms with van der Waals surface area (Å²) in [5.41, 5.74) is 12.7. The van der Waals surface area contributed by atoms with Crippen LogP contribution in [0, 0.1) is 53.3 Å². The van der Waals surface area contributed by atoms with E-state index in [4.69, 9.17) is 35.2 Å². The molecule has 570 valence electrons. The normalized spacial score (nSPS) is 43.9. The number of allylic oxidation sites excluding steroid dienone is 1. The predicted molar refractivity (Wildman–Crippen MR) is 362 cm³/mol. The molecule has 26 heteroatoms. The van der Waals surface area contributed by atoms with Gasteiger partial charge in [-0.3, -0.25) is 4.79 Å². The predicted octanol–water partition coefficient (Wildman–Crippen LogP) is 0.981. The summed E-state index contributed by atoms with van der Waals surface area (Å²) < 4.78 is 30.6. The van der Waals surface area contributed by atoms with Gasteiger partial charge in [0.15, 0.2) is 12.6 Å². The van der Waals surface area contributed by atoms with Crippen molar-refractivity contribution in [3.8, 4) is 0 Å². The van der Waals surface area contributed by atoms with Gasteiger partial charge in [0, 0.05) is 48.3 Å². The number of unbranched alkanes of at least 4 members (excludes halogenated alkanes) is 3. The Kier molecular flexibility index (Phi) is 40.1. The Labute approximate surface area is 576 Å². The van der Waals surface area contributed by atoms with Gasteiger partial charge in [-0.1, -0.05) is 112 Å². The number of hydrogen-bond donors (Lipinski definition) is 20. The first-order valence-electron chi connectivity index (χ1n) is 35.8. The van der Waals surface area contributed by atoms with Gasteiger partial charge in [-0.25, -0.2) is 0 Å². The van der Waals surface area contributed by atoms with Crippen LogP contribution in [0.3, 0.4) is 0 Å². The van der Waals surface area contributed by atoms with Crippen LogP contribution in [0.15, 0.2) is 35.5 Å². The number of hydrogen-bond acceptors (Lipinski definition) is 26. The van der Waals surface area contributed by atoms with Crippen molar-refractivity contribution >= 4 is 5.97 Å². The Morgan fingerprint density at radius 2 is 1.05 bits per heavy atom. The maximum Gasteiger partial charge on any atom is 0.306 e. The number of esters is 1. The van der Waals surface area contributed by atoms with E-state index in [9.17, 15) is 96.7 Å². The van der Waals surface area contributed by atoms with Crippen molar-refractivity contribution in [3.63, 3.8) is 0 Å². The Morgan fingerprint density at radius 3 is 1.60 bits per heavy atom. The number of rotatable bonds is 14. The van der Waals surface area contributed by atoms with Crippen LogP contribution < -0.4 is 11.5 Å². The van der Waals surface area contributed by atoms with Crippen LogP contribution in [0.5, 0.6) is 0 Å². The molecule has 3 rings (SSSR count). The van der Waals surface area contributed by atoms with Gasteiger partial charge in [0.25, 0.3) is 0 Å². The number of cyclic esters (lactones) is 1. The summed E-state index contributed by atoms with van der Waals surface area (Å²) in [6.07, 6.45) is -22.3. The van der Waals surface area contributed by atoms with Crippen LogP contribution >= 0.6 is 0 Å². The summed E-state index contributed by atoms with van der Waals surface area (Å²) in [5, 5.41) is 202. The van der Waals surface area contributed by atoms with E-state index in [0.29, 0.717) is 31.4 Å². The van der Waals surface area contributed by atoms with Crippen LogP contribution in [-0.2, 0) is 28.5 Å². The quantitative estimate of drug-likeness (QED) is 0.0655. The minimum atomic E-state index is -1.90. The van der Waals surface area contributed by atoms with E-state index in [0.717, 1.165) is 32.1 Å². The fourth-order valence-electron chi connectivity index (χ4n) is 13.7. The van der Waals surface area contributed by atoms with Crippen LogP contribution in [0.1, 0.15) is 186 Å². The molecule has 26 nitrogen and oxygen atoms in total. The van der Waals surface area contributed by atoms with Gasteiger partial charge in [0.2, 0.25) is 0 Å². The average Bonchev–Trinajstić information content (AvgIpc) is 0.819. The Bertz CT molecular complexity index is 2270. The zero-order valence-electron chi connectivity index (χ0n) is 59.8. The molecule has 22 N–H and O–H groups in total. The van der Waals surface area contributed by atoms with Crippen LogP contribution in [0.25, 0.3) is 0 Å². The highest BCUT2D eigenvalue weighted by Gasteiger charge is 2.48. The SMILES string of the molecule is CC1=C[C@H](O[C@H]2O[C@H](CO)[C@@H](O)[C@H](O)[C@@H]2O)[C@@H](O)[C@H](C)[C@H](O)C[C@H](O)C[C@@H](O)[C@H](C)[C@H](O)C[C@H](O)C[C@@H](O)[C@H](C)[C@@H](O)C[C@@H](O)C[C@H](O[C@@H]2O[C@H](C)[C@@H](O)[C@H](N)[C@H]2O)[C@@H](C)[C@@H]([C@@H](C)C[C@H](C)CCCCCCN)OC(=O)CC[C@@H](C)[C@@H](O)CCC=C[C@H](C)[C@@H](O)C(C)=C[C@H](C)[C@H]1O. The molecule has 0 aromatic heterocycles. The molecule has 0 aliphatic carbocycles.